The molecule has 1 amide bonds. The quantitative estimate of drug-likeness (QED) is 0.111. The lowest BCUT2D eigenvalue weighted by Crippen LogP contribution is -2.57. The highest BCUT2D eigenvalue weighted by Gasteiger charge is 2.48. The zero-order chi connectivity index (χ0) is 32.1. The molecule has 2 bridgehead atoms. The highest BCUT2D eigenvalue weighted by molar-refractivity contribution is 5.91. The van der Waals surface area contributed by atoms with E-state index in [1.54, 1.807) is 6.07 Å². The molecule has 0 spiro atoms. The zero-order valence-corrected chi connectivity index (χ0v) is 27.6. The smallest absolute Gasteiger partial charge is 0.434 e. The minimum Gasteiger partial charge on any atom is -0.434 e. The number of benzene rings is 2. The van der Waals surface area contributed by atoms with Gasteiger partial charge in [-0.15, -0.1) is 0 Å². The molecule has 3 atom stereocenters. The van der Waals surface area contributed by atoms with E-state index in [1.807, 2.05) is 44.6 Å². The summed E-state index contributed by atoms with van der Waals surface area (Å²) in [4.78, 5) is 33.0. The van der Waals surface area contributed by atoms with Crippen LogP contribution < -0.4 is 14.8 Å². The van der Waals surface area contributed by atoms with Gasteiger partial charge >= 0.3 is 12.2 Å². The molecule has 9 heteroatoms. The number of aromatic nitrogens is 1. The highest BCUT2D eigenvalue weighted by Crippen LogP contribution is 2.49. The van der Waals surface area contributed by atoms with Gasteiger partial charge in [0.05, 0.1) is 6.61 Å². The number of rotatable bonds is 11. The Balaban J connectivity index is 1.08. The van der Waals surface area contributed by atoms with E-state index in [9.17, 15) is 9.59 Å². The number of carbonyl (C=O) groups is 2. The van der Waals surface area contributed by atoms with E-state index in [0.29, 0.717) is 36.4 Å². The van der Waals surface area contributed by atoms with Crippen LogP contribution in [0.1, 0.15) is 57.2 Å². The van der Waals surface area contributed by atoms with Gasteiger partial charge < -0.3 is 29.4 Å². The molecule has 1 aromatic heterocycles. The normalized spacial score (nSPS) is 20.9. The average Bonchev–Trinajstić information content (AvgIpc) is 3.41. The van der Waals surface area contributed by atoms with Crippen molar-refractivity contribution in [3.05, 3.63) is 70.9 Å². The monoisotopic (exact) mass is 616 g/mol. The third-order valence-corrected chi connectivity index (χ3v) is 9.62. The Bertz CT molecular complexity index is 1540. The molecule has 0 saturated carbocycles. The van der Waals surface area contributed by atoms with Gasteiger partial charge in [0.1, 0.15) is 11.5 Å². The second-order valence-electron chi connectivity index (χ2n) is 13.2. The summed E-state index contributed by atoms with van der Waals surface area (Å²) in [6, 6.07) is 12.1. The topological polar surface area (TPSA) is 96.1 Å². The summed E-state index contributed by atoms with van der Waals surface area (Å²) in [5.74, 6) is 1.51. The van der Waals surface area contributed by atoms with Crippen molar-refractivity contribution in [1.82, 2.24) is 20.1 Å². The molecule has 45 heavy (non-hydrogen) atoms. The van der Waals surface area contributed by atoms with Crippen LogP contribution in [0, 0.1) is 5.92 Å². The largest absolute Gasteiger partial charge is 0.513 e. The molecule has 242 valence electrons. The van der Waals surface area contributed by atoms with Crippen LogP contribution in [0.2, 0.25) is 0 Å². The minimum atomic E-state index is -0.745. The summed E-state index contributed by atoms with van der Waals surface area (Å²) < 4.78 is 16.5. The summed E-state index contributed by atoms with van der Waals surface area (Å²) in [5, 5.41) is 3.65. The number of carbonyl (C=O) groups excluding carboxylic acids is 2. The minimum absolute atomic E-state index is 0.0314. The Hall–Kier alpha value is -3.82. The molecule has 2 aliphatic rings. The number of fused-ring (bicyclic) bond motifs is 5. The number of likely N-dealkylation sites (tertiary alicyclic amines) is 1. The summed E-state index contributed by atoms with van der Waals surface area (Å²) in [7, 11) is 4.06. The van der Waals surface area contributed by atoms with Gasteiger partial charge in [-0.25, -0.2) is 9.59 Å². The van der Waals surface area contributed by atoms with Crippen LogP contribution in [0.25, 0.3) is 10.9 Å². The van der Waals surface area contributed by atoms with Crippen LogP contribution >= 0.6 is 0 Å². The molecule has 1 fully saturated rings. The number of piperidine rings is 1. The number of ether oxygens (including phenoxy) is 3. The molecule has 3 aromatic rings. The Labute approximate surface area is 266 Å². The number of nitrogens with one attached hydrogen (secondary N) is 2. The molecule has 2 N–H and O–H groups in total. The van der Waals surface area contributed by atoms with Crippen molar-refractivity contribution in [1.29, 1.82) is 0 Å². The Morgan fingerprint density at radius 1 is 1.18 bits per heavy atom. The van der Waals surface area contributed by atoms with Crippen molar-refractivity contribution < 1.29 is 23.8 Å². The molecule has 0 radical (unpaired) electrons. The summed E-state index contributed by atoms with van der Waals surface area (Å²) in [6.45, 7) is 12.4. The fourth-order valence-corrected chi connectivity index (χ4v) is 6.80. The predicted molar refractivity (Wildman–Crippen MR) is 177 cm³/mol. The van der Waals surface area contributed by atoms with E-state index in [4.69, 9.17) is 14.2 Å². The van der Waals surface area contributed by atoms with E-state index in [2.05, 4.69) is 59.9 Å². The second-order valence-corrected chi connectivity index (χ2v) is 13.2. The molecular weight excluding hydrogens is 568 g/mol. The molecular formula is C36H48N4O5. The first-order chi connectivity index (χ1) is 21.5. The third kappa shape index (κ3) is 7.53. The van der Waals surface area contributed by atoms with Gasteiger partial charge in [-0.2, -0.15) is 0 Å². The van der Waals surface area contributed by atoms with Crippen molar-refractivity contribution in [2.24, 2.45) is 5.92 Å². The maximum absolute atomic E-state index is 12.5. The Morgan fingerprint density at radius 2 is 2.00 bits per heavy atom. The molecule has 2 aromatic carbocycles. The van der Waals surface area contributed by atoms with Crippen LogP contribution in [0.4, 0.5) is 9.59 Å². The van der Waals surface area contributed by atoms with Crippen molar-refractivity contribution >= 4 is 23.2 Å². The fourth-order valence-electron chi connectivity index (χ4n) is 6.80. The summed E-state index contributed by atoms with van der Waals surface area (Å²) in [6.07, 6.45) is 6.32. The van der Waals surface area contributed by atoms with Gasteiger partial charge in [0.25, 0.3) is 0 Å². The number of H-pyrrole nitrogens is 1. The van der Waals surface area contributed by atoms with Gasteiger partial charge in [-0.3, -0.25) is 4.90 Å². The average molecular weight is 617 g/mol. The van der Waals surface area contributed by atoms with Crippen molar-refractivity contribution in [3.8, 4) is 11.5 Å². The Morgan fingerprint density at radius 3 is 2.78 bits per heavy atom. The standard InChI is InChI=1S/C36H48N4O5/c1-24(2)13-18-40-19-15-36(4)25(3)31(40)21-26-11-12-28(22-29(26)36)44-35(42)43-20-8-16-37-34(41)45-32-10-7-9-30-33(32)27(23-38-30)14-17-39(5)6/h7,9-13,22-23,25,31,38H,8,14-21H2,1-6H3,(H,37,41)/t25-,31+,36+/m0/s1. The molecule has 5 rings (SSSR count). The van der Waals surface area contributed by atoms with E-state index >= 15 is 0 Å². The number of likely N-dealkylation sites (N-methyl/N-ethyl adjacent to an activating group) is 1. The first-order valence-electron chi connectivity index (χ1n) is 16.1. The van der Waals surface area contributed by atoms with Gasteiger partial charge in [-0.1, -0.05) is 37.6 Å². The maximum Gasteiger partial charge on any atom is 0.513 e. The number of amides is 1. The van der Waals surface area contributed by atoms with Crippen LogP contribution in [0.3, 0.4) is 0 Å². The van der Waals surface area contributed by atoms with Crippen molar-refractivity contribution in [2.75, 3.05) is 46.9 Å². The van der Waals surface area contributed by atoms with Crippen LogP contribution in [0.15, 0.2) is 54.2 Å². The van der Waals surface area contributed by atoms with Gasteiger partial charge in [0.15, 0.2) is 0 Å². The molecule has 9 nitrogen and oxygen atoms in total. The van der Waals surface area contributed by atoms with Crippen molar-refractivity contribution in [2.45, 2.75) is 64.8 Å². The SMILES string of the molecule is CC(C)=CCN1CC[C@@]2(C)c3cc(OC(=O)OCCCNC(=O)Oc4cccc5[nH]cc(CCN(C)C)c45)ccc3C[C@@H]1[C@@H]2C. The van der Waals surface area contributed by atoms with Gasteiger partial charge in [-0.05, 0) is 112 Å². The number of aromatic amines is 1. The first-order valence-corrected chi connectivity index (χ1v) is 16.1. The first kappa shape index (κ1) is 32.6. The maximum atomic E-state index is 12.5. The predicted octanol–water partition coefficient (Wildman–Crippen LogP) is 6.46. The highest BCUT2D eigenvalue weighted by atomic mass is 16.7. The second kappa shape index (κ2) is 14.1. The van der Waals surface area contributed by atoms with Gasteiger partial charge in [0.2, 0.25) is 0 Å². The number of hydrogen-bond acceptors (Lipinski definition) is 7. The lowest BCUT2D eigenvalue weighted by Gasteiger charge is -2.54. The van der Waals surface area contributed by atoms with Crippen molar-refractivity contribution in [3.63, 3.8) is 0 Å². The summed E-state index contributed by atoms with van der Waals surface area (Å²) in [5.41, 5.74) is 6.02. The number of nitrogens with zero attached hydrogens (tertiary/aromatic N) is 2. The zero-order valence-electron chi connectivity index (χ0n) is 27.6. The van der Waals surface area contributed by atoms with Gasteiger partial charge in [0, 0.05) is 42.8 Å². The molecule has 0 unspecified atom stereocenters. The summed E-state index contributed by atoms with van der Waals surface area (Å²) >= 11 is 0. The Kier molecular flexibility index (Phi) is 10.2. The van der Waals surface area contributed by atoms with E-state index in [1.165, 1.54) is 16.7 Å². The van der Waals surface area contributed by atoms with E-state index in [0.717, 1.165) is 55.4 Å². The molecule has 1 saturated heterocycles. The third-order valence-electron chi connectivity index (χ3n) is 9.62. The van der Waals surface area contributed by atoms with E-state index in [-0.39, 0.29) is 12.0 Å². The van der Waals surface area contributed by atoms with E-state index < -0.39 is 12.2 Å². The molecule has 1 aliphatic heterocycles. The van der Waals surface area contributed by atoms with Crippen LogP contribution in [0.5, 0.6) is 11.5 Å². The lowest BCUT2D eigenvalue weighted by atomic mass is 9.59. The fraction of sp³-hybridized carbons (Fsp3) is 0.500. The van der Waals surface area contributed by atoms with Crippen LogP contribution in [-0.4, -0.2) is 80.0 Å². The molecule has 1 aliphatic carbocycles. The molecule has 2 heterocycles. The van der Waals surface area contributed by atoms with Crippen LogP contribution in [-0.2, 0) is 23.0 Å². The lowest BCUT2D eigenvalue weighted by molar-refractivity contribution is 0.0395. The number of allylic oxidation sites excluding steroid dienone is 1. The number of hydrogen-bond donors (Lipinski definition) is 2.